The molecule has 6 nitrogen and oxygen atoms in total. The van der Waals surface area contributed by atoms with Crippen LogP contribution in [-0.4, -0.2) is 67.3 Å². The molecule has 3 aliphatic rings. The van der Waals surface area contributed by atoms with Crippen LogP contribution < -0.4 is 0 Å². The first kappa shape index (κ1) is 17.1. The van der Waals surface area contributed by atoms with Gasteiger partial charge in [-0.2, -0.15) is 0 Å². The molecule has 0 spiro atoms. The van der Waals surface area contributed by atoms with E-state index in [1.807, 2.05) is 17.0 Å². The maximum absolute atomic E-state index is 12.1. The average Bonchev–Trinajstić information content (AvgIpc) is 3.36. The number of nitrogens with zero attached hydrogens (tertiary/aromatic N) is 2. The molecule has 1 aromatic rings. The number of morpholine rings is 1. The Morgan fingerprint density at radius 2 is 2.12 bits per heavy atom. The third kappa shape index (κ3) is 4.07. The van der Waals surface area contributed by atoms with Crippen LogP contribution >= 0.6 is 0 Å². The molecule has 3 heterocycles. The number of fused-ring (bicyclic) bond motifs is 1. The minimum atomic E-state index is 0.142. The lowest BCUT2D eigenvalue weighted by molar-refractivity contribution is -0.135. The molecule has 0 bridgehead atoms. The van der Waals surface area contributed by atoms with Crippen LogP contribution in [0.5, 0.6) is 0 Å². The monoisotopic (exact) mass is 348 g/mol. The molecule has 0 aromatic carbocycles. The summed E-state index contributed by atoms with van der Waals surface area (Å²) in [6.45, 7) is 5.24. The Morgan fingerprint density at radius 3 is 2.92 bits per heavy atom. The number of hydrogen-bond donors (Lipinski definition) is 0. The number of furan rings is 1. The van der Waals surface area contributed by atoms with E-state index < -0.39 is 0 Å². The molecule has 1 amide bonds. The van der Waals surface area contributed by atoms with E-state index in [1.54, 1.807) is 6.26 Å². The van der Waals surface area contributed by atoms with Gasteiger partial charge in [-0.15, -0.1) is 0 Å². The van der Waals surface area contributed by atoms with Crippen molar-refractivity contribution in [2.45, 2.75) is 44.4 Å². The molecule has 1 aromatic heterocycles. The number of hydrogen-bond acceptors (Lipinski definition) is 5. The van der Waals surface area contributed by atoms with Gasteiger partial charge >= 0.3 is 0 Å². The summed E-state index contributed by atoms with van der Waals surface area (Å²) < 4.78 is 17.2. The van der Waals surface area contributed by atoms with Crippen molar-refractivity contribution in [2.24, 2.45) is 5.92 Å². The maximum atomic E-state index is 12.1. The van der Waals surface area contributed by atoms with Crippen molar-refractivity contribution in [1.82, 2.24) is 9.80 Å². The third-order valence-corrected chi connectivity index (χ3v) is 5.73. The normalized spacial score (nSPS) is 29.9. The summed E-state index contributed by atoms with van der Waals surface area (Å²) in [4.78, 5) is 16.5. The number of carbonyl (C=O) groups excluding carboxylic acids is 1. The highest BCUT2D eigenvalue weighted by molar-refractivity contribution is 5.77. The van der Waals surface area contributed by atoms with E-state index in [9.17, 15) is 4.79 Å². The first-order valence-corrected chi connectivity index (χ1v) is 9.53. The minimum Gasteiger partial charge on any atom is -0.468 e. The highest BCUT2D eigenvalue weighted by Gasteiger charge is 2.41. The van der Waals surface area contributed by atoms with Gasteiger partial charge in [0, 0.05) is 25.7 Å². The van der Waals surface area contributed by atoms with Crippen molar-refractivity contribution in [3.8, 4) is 0 Å². The van der Waals surface area contributed by atoms with Gasteiger partial charge in [0.05, 0.1) is 32.1 Å². The largest absolute Gasteiger partial charge is 0.468 e. The summed E-state index contributed by atoms with van der Waals surface area (Å²) in [5.41, 5.74) is 0. The number of ether oxygens (including phenoxy) is 2. The summed E-state index contributed by atoms with van der Waals surface area (Å²) in [5.74, 6) is 1.62. The van der Waals surface area contributed by atoms with Gasteiger partial charge in [0.2, 0.25) is 5.91 Å². The molecular weight excluding hydrogens is 320 g/mol. The summed E-state index contributed by atoms with van der Waals surface area (Å²) >= 11 is 0. The molecule has 0 unspecified atom stereocenters. The van der Waals surface area contributed by atoms with Crippen molar-refractivity contribution in [1.29, 1.82) is 0 Å². The molecule has 3 fully saturated rings. The fraction of sp³-hybridized carbons (Fsp3) is 0.737. The lowest BCUT2D eigenvalue weighted by Gasteiger charge is -2.37. The Bertz CT molecular complexity index is 556. The number of likely N-dealkylation sites (tertiary alicyclic amines) is 1. The second kappa shape index (κ2) is 7.89. The molecule has 1 saturated carbocycles. The predicted molar refractivity (Wildman–Crippen MR) is 92.0 cm³/mol. The standard InChI is InChI=1S/C19H28N2O4/c22-19(20-5-1-2-6-20)14-23-13-15-10-17-18(11-15)25-9-7-21(17)12-16-4-3-8-24-16/h3-4,8,15,17-18H,1-2,5-7,9-14H2/t15-,17-,18+/m0/s1. The number of amides is 1. The Morgan fingerprint density at radius 1 is 1.24 bits per heavy atom. The van der Waals surface area contributed by atoms with Gasteiger partial charge in [-0.3, -0.25) is 9.69 Å². The Kier molecular flexibility index (Phi) is 5.39. The summed E-state index contributed by atoms with van der Waals surface area (Å²) in [6.07, 6.45) is 6.36. The van der Waals surface area contributed by atoms with E-state index >= 15 is 0 Å². The first-order valence-electron chi connectivity index (χ1n) is 9.53. The molecule has 6 heteroatoms. The van der Waals surface area contributed by atoms with Crippen LogP contribution in [0, 0.1) is 5.92 Å². The van der Waals surface area contributed by atoms with Crippen molar-refractivity contribution < 1.29 is 18.7 Å². The van der Waals surface area contributed by atoms with Crippen LogP contribution in [-0.2, 0) is 20.8 Å². The van der Waals surface area contributed by atoms with E-state index in [4.69, 9.17) is 13.9 Å². The number of carbonyl (C=O) groups is 1. The molecule has 4 rings (SSSR count). The van der Waals surface area contributed by atoms with Crippen molar-refractivity contribution >= 4 is 5.91 Å². The van der Waals surface area contributed by atoms with Crippen LogP contribution in [0.2, 0.25) is 0 Å². The SMILES string of the molecule is O=C(COC[C@@H]1C[C@H]2OCCN(Cc3ccco3)[C@H]2C1)N1CCCC1. The molecule has 25 heavy (non-hydrogen) atoms. The van der Waals surface area contributed by atoms with Gasteiger partial charge in [-0.1, -0.05) is 0 Å². The zero-order valence-corrected chi connectivity index (χ0v) is 14.8. The average molecular weight is 348 g/mol. The first-order chi connectivity index (χ1) is 12.3. The molecule has 2 saturated heterocycles. The zero-order chi connectivity index (χ0) is 17.1. The molecule has 3 atom stereocenters. The van der Waals surface area contributed by atoms with E-state index in [2.05, 4.69) is 4.90 Å². The fourth-order valence-electron chi connectivity index (χ4n) is 4.43. The lowest BCUT2D eigenvalue weighted by Crippen LogP contribution is -2.47. The summed E-state index contributed by atoms with van der Waals surface area (Å²) in [7, 11) is 0. The van der Waals surface area contributed by atoms with Gasteiger partial charge < -0.3 is 18.8 Å². The van der Waals surface area contributed by atoms with Crippen LogP contribution in [0.25, 0.3) is 0 Å². The van der Waals surface area contributed by atoms with Crippen molar-refractivity contribution in [3.63, 3.8) is 0 Å². The van der Waals surface area contributed by atoms with Crippen LogP contribution in [0.3, 0.4) is 0 Å². The third-order valence-electron chi connectivity index (χ3n) is 5.73. The molecule has 2 aliphatic heterocycles. The van der Waals surface area contributed by atoms with E-state index in [0.717, 1.165) is 64.2 Å². The van der Waals surface area contributed by atoms with Crippen molar-refractivity contribution in [3.05, 3.63) is 24.2 Å². The Balaban J connectivity index is 1.24. The van der Waals surface area contributed by atoms with E-state index in [-0.39, 0.29) is 18.6 Å². The number of rotatable bonds is 6. The summed E-state index contributed by atoms with van der Waals surface area (Å²) in [6, 6.07) is 4.40. The quantitative estimate of drug-likeness (QED) is 0.786. The predicted octanol–water partition coefficient (Wildman–Crippen LogP) is 1.90. The Hall–Kier alpha value is -1.37. The van der Waals surface area contributed by atoms with Gasteiger partial charge in [-0.05, 0) is 43.7 Å². The summed E-state index contributed by atoms with van der Waals surface area (Å²) in [5, 5.41) is 0. The van der Waals surface area contributed by atoms with Gasteiger partial charge in [0.25, 0.3) is 0 Å². The second-order valence-electron chi connectivity index (χ2n) is 7.47. The maximum Gasteiger partial charge on any atom is 0.248 e. The van der Waals surface area contributed by atoms with Crippen LogP contribution in [0.1, 0.15) is 31.4 Å². The molecule has 0 radical (unpaired) electrons. The highest BCUT2D eigenvalue weighted by Crippen LogP contribution is 2.35. The topological polar surface area (TPSA) is 55.2 Å². The Labute approximate surface area is 149 Å². The van der Waals surface area contributed by atoms with Gasteiger partial charge in [0.1, 0.15) is 12.4 Å². The molecule has 1 aliphatic carbocycles. The second-order valence-corrected chi connectivity index (χ2v) is 7.47. The smallest absolute Gasteiger partial charge is 0.248 e. The van der Waals surface area contributed by atoms with Crippen LogP contribution in [0.15, 0.2) is 22.8 Å². The molecule has 0 N–H and O–H groups in total. The minimum absolute atomic E-state index is 0.142. The van der Waals surface area contributed by atoms with Crippen LogP contribution in [0.4, 0.5) is 0 Å². The fourth-order valence-corrected chi connectivity index (χ4v) is 4.43. The van der Waals surface area contributed by atoms with Gasteiger partial charge in [-0.25, -0.2) is 0 Å². The van der Waals surface area contributed by atoms with E-state index in [1.165, 1.54) is 0 Å². The van der Waals surface area contributed by atoms with Crippen molar-refractivity contribution in [2.75, 3.05) is 39.5 Å². The molecule has 138 valence electrons. The zero-order valence-electron chi connectivity index (χ0n) is 14.8. The highest BCUT2D eigenvalue weighted by atomic mass is 16.5. The molecular formula is C19H28N2O4. The van der Waals surface area contributed by atoms with Gasteiger partial charge in [0.15, 0.2) is 0 Å². The van der Waals surface area contributed by atoms with E-state index in [0.29, 0.717) is 18.6 Å². The lowest BCUT2D eigenvalue weighted by atomic mass is 10.1.